The smallest absolute Gasteiger partial charge is 0.278 e. The normalized spacial score (nSPS) is 14.6. The molecule has 0 bridgehead atoms. The van der Waals surface area contributed by atoms with Gasteiger partial charge in [0.25, 0.3) is 5.69 Å². The number of fused-ring (bicyclic) bond motifs is 1. The van der Waals surface area contributed by atoms with E-state index in [9.17, 15) is 14.9 Å². The summed E-state index contributed by atoms with van der Waals surface area (Å²) in [6.45, 7) is 4.05. The maximum absolute atomic E-state index is 12.6. The van der Waals surface area contributed by atoms with E-state index >= 15 is 0 Å². The lowest BCUT2D eigenvalue weighted by atomic mass is 9.94. The van der Waals surface area contributed by atoms with E-state index < -0.39 is 0 Å². The second kappa shape index (κ2) is 8.49. The molecule has 1 saturated heterocycles. The number of nitrogens with one attached hydrogen (secondary N) is 1. The molecule has 4 rings (SSSR count). The molecule has 154 valence electrons. The first-order chi connectivity index (χ1) is 14.5. The largest absolute Gasteiger partial charge is 0.371 e. The summed E-state index contributed by atoms with van der Waals surface area (Å²) in [6.07, 6.45) is 4.70. The van der Waals surface area contributed by atoms with Crippen LogP contribution in [0.5, 0.6) is 0 Å². The highest BCUT2D eigenvalue weighted by Gasteiger charge is 2.26. The minimum absolute atomic E-state index is 0.0160. The first-order valence-electron chi connectivity index (χ1n) is 10.1. The number of carbonyl (C=O) groups is 1. The van der Waals surface area contributed by atoms with E-state index in [1.54, 1.807) is 24.5 Å². The van der Waals surface area contributed by atoms with Gasteiger partial charge >= 0.3 is 0 Å². The number of nitro groups is 1. The molecular weight excluding hydrogens is 380 g/mol. The minimum atomic E-state index is -0.377. The summed E-state index contributed by atoms with van der Waals surface area (Å²) in [5, 5.41) is 15.7. The maximum Gasteiger partial charge on any atom is 0.278 e. The number of piperidine rings is 1. The summed E-state index contributed by atoms with van der Waals surface area (Å²) in [7, 11) is 0. The molecule has 3 aromatic rings. The predicted molar refractivity (Wildman–Crippen MR) is 116 cm³/mol. The molecule has 1 aliphatic rings. The molecule has 0 radical (unpaired) electrons. The molecule has 1 aromatic heterocycles. The van der Waals surface area contributed by atoms with Crippen LogP contribution in [-0.4, -0.2) is 28.9 Å². The number of aryl methyl sites for hydroxylation is 1. The molecule has 7 heteroatoms. The number of benzene rings is 2. The van der Waals surface area contributed by atoms with Crippen LogP contribution in [0.4, 0.5) is 11.4 Å². The Bertz CT molecular complexity index is 1070. The summed E-state index contributed by atoms with van der Waals surface area (Å²) in [4.78, 5) is 29.8. The lowest BCUT2D eigenvalue weighted by molar-refractivity contribution is -0.383. The van der Waals surface area contributed by atoms with Crippen molar-refractivity contribution in [3.8, 4) is 0 Å². The topological polar surface area (TPSA) is 88.4 Å². The fraction of sp³-hybridized carbons (Fsp3) is 0.304. The Morgan fingerprint density at radius 3 is 2.57 bits per heavy atom. The molecule has 2 aromatic carbocycles. The van der Waals surface area contributed by atoms with Gasteiger partial charge in [-0.25, -0.2) is 0 Å². The van der Waals surface area contributed by atoms with Gasteiger partial charge in [0.1, 0.15) is 0 Å². The van der Waals surface area contributed by atoms with Gasteiger partial charge in [-0.3, -0.25) is 19.9 Å². The fourth-order valence-corrected chi connectivity index (χ4v) is 4.02. The quantitative estimate of drug-likeness (QED) is 0.513. The highest BCUT2D eigenvalue weighted by molar-refractivity contribution is 5.99. The molecule has 0 saturated carbocycles. The van der Waals surface area contributed by atoms with Gasteiger partial charge in [0, 0.05) is 55.1 Å². The molecule has 1 N–H and O–H groups in total. The number of amides is 1. The number of non-ortho nitro benzene ring substituents is 1. The SMILES string of the molecule is Cc1ccc(CNC(=O)C2CCN(c3ccc([N+](=O)[O-])c4cnccc34)CC2)cc1. The monoisotopic (exact) mass is 404 g/mol. The predicted octanol–water partition coefficient (Wildman–Crippen LogP) is 3.98. The van der Waals surface area contributed by atoms with E-state index in [-0.39, 0.29) is 22.4 Å². The summed E-state index contributed by atoms with van der Waals surface area (Å²) in [5.74, 6) is 0.0747. The summed E-state index contributed by atoms with van der Waals surface area (Å²) >= 11 is 0. The number of pyridine rings is 1. The lowest BCUT2D eigenvalue weighted by Crippen LogP contribution is -2.40. The highest BCUT2D eigenvalue weighted by Crippen LogP contribution is 2.34. The van der Waals surface area contributed by atoms with Crippen molar-refractivity contribution in [1.29, 1.82) is 0 Å². The third-order valence-corrected chi connectivity index (χ3v) is 5.76. The van der Waals surface area contributed by atoms with Gasteiger partial charge in [-0.2, -0.15) is 0 Å². The van der Waals surface area contributed by atoms with Gasteiger partial charge in [-0.1, -0.05) is 29.8 Å². The number of nitrogens with zero attached hydrogens (tertiary/aromatic N) is 3. The Hall–Kier alpha value is -3.48. The number of carbonyl (C=O) groups excluding carboxylic acids is 1. The molecule has 0 aliphatic carbocycles. The Labute approximate surface area is 174 Å². The van der Waals surface area contributed by atoms with Gasteiger partial charge in [0.05, 0.1) is 10.3 Å². The van der Waals surface area contributed by atoms with Crippen LogP contribution in [0, 0.1) is 23.0 Å². The van der Waals surface area contributed by atoms with E-state index in [1.165, 1.54) is 5.56 Å². The number of aromatic nitrogens is 1. The zero-order chi connectivity index (χ0) is 21.1. The fourth-order valence-electron chi connectivity index (χ4n) is 4.02. The molecule has 30 heavy (non-hydrogen) atoms. The van der Waals surface area contributed by atoms with Crippen molar-refractivity contribution in [2.45, 2.75) is 26.3 Å². The minimum Gasteiger partial charge on any atom is -0.371 e. The van der Waals surface area contributed by atoms with Crippen molar-refractivity contribution >= 4 is 28.1 Å². The standard InChI is InChI=1S/C23H24N4O3/c1-16-2-4-17(5-3-16)14-25-23(28)18-9-12-26(13-10-18)21-6-7-22(27(29)30)20-15-24-11-8-19(20)21/h2-8,11,15,18H,9-10,12-14H2,1H3,(H,25,28). The van der Waals surface area contributed by atoms with Gasteiger partial charge < -0.3 is 10.2 Å². The molecule has 7 nitrogen and oxygen atoms in total. The first-order valence-corrected chi connectivity index (χ1v) is 10.1. The van der Waals surface area contributed by atoms with E-state index in [0.29, 0.717) is 11.9 Å². The van der Waals surface area contributed by atoms with Gasteiger partial charge in [-0.15, -0.1) is 0 Å². The van der Waals surface area contributed by atoms with Crippen LogP contribution in [0.25, 0.3) is 10.8 Å². The van der Waals surface area contributed by atoms with E-state index in [0.717, 1.165) is 42.6 Å². The zero-order valence-electron chi connectivity index (χ0n) is 16.9. The molecule has 1 amide bonds. The van der Waals surface area contributed by atoms with Crippen LogP contribution in [0.2, 0.25) is 0 Å². The third kappa shape index (κ3) is 4.10. The van der Waals surface area contributed by atoms with Gasteiger partial charge in [-0.05, 0) is 37.5 Å². The highest BCUT2D eigenvalue weighted by atomic mass is 16.6. The van der Waals surface area contributed by atoms with Crippen molar-refractivity contribution in [2.75, 3.05) is 18.0 Å². The number of rotatable bonds is 5. The number of hydrogen-bond acceptors (Lipinski definition) is 5. The summed E-state index contributed by atoms with van der Waals surface area (Å²) < 4.78 is 0. The van der Waals surface area contributed by atoms with E-state index in [4.69, 9.17) is 0 Å². The third-order valence-electron chi connectivity index (χ3n) is 5.76. The average molecular weight is 404 g/mol. The molecular formula is C23H24N4O3. The molecule has 1 fully saturated rings. The van der Waals surface area contributed by atoms with Gasteiger partial charge in [0.2, 0.25) is 5.91 Å². The van der Waals surface area contributed by atoms with Crippen LogP contribution in [-0.2, 0) is 11.3 Å². The first kappa shape index (κ1) is 19.8. The van der Waals surface area contributed by atoms with Crippen molar-refractivity contribution in [3.63, 3.8) is 0 Å². The zero-order valence-corrected chi connectivity index (χ0v) is 16.9. The van der Waals surface area contributed by atoms with Crippen molar-refractivity contribution in [1.82, 2.24) is 10.3 Å². The lowest BCUT2D eigenvalue weighted by Gasteiger charge is -2.33. The van der Waals surface area contributed by atoms with Crippen molar-refractivity contribution in [2.24, 2.45) is 5.92 Å². The Kier molecular flexibility index (Phi) is 5.61. The molecule has 0 atom stereocenters. The van der Waals surface area contributed by atoms with Crippen LogP contribution in [0.3, 0.4) is 0 Å². The molecule has 0 unspecified atom stereocenters. The molecule has 0 spiro atoms. The van der Waals surface area contributed by atoms with Crippen LogP contribution in [0.15, 0.2) is 54.9 Å². The molecule has 1 aliphatic heterocycles. The van der Waals surface area contributed by atoms with E-state index in [1.807, 2.05) is 37.3 Å². The number of hydrogen-bond donors (Lipinski definition) is 1. The van der Waals surface area contributed by atoms with Gasteiger partial charge in [0.15, 0.2) is 0 Å². The second-order valence-electron chi connectivity index (χ2n) is 7.75. The summed E-state index contributed by atoms with van der Waals surface area (Å²) in [5.41, 5.74) is 3.31. The summed E-state index contributed by atoms with van der Waals surface area (Å²) in [6, 6.07) is 13.3. The van der Waals surface area contributed by atoms with Crippen molar-refractivity contribution in [3.05, 3.63) is 76.1 Å². The van der Waals surface area contributed by atoms with Crippen molar-refractivity contribution < 1.29 is 9.72 Å². The maximum atomic E-state index is 12.6. The Morgan fingerprint density at radius 2 is 1.87 bits per heavy atom. The van der Waals surface area contributed by atoms with Crippen LogP contribution >= 0.6 is 0 Å². The van der Waals surface area contributed by atoms with E-state index in [2.05, 4.69) is 15.2 Å². The Morgan fingerprint density at radius 1 is 1.13 bits per heavy atom. The number of anilines is 1. The van der Waals surface area contributed by atoms with Crippen LogP contribution < -0.4 is 10.2 Å². The number of nitro benzene ring substituents is 1. The average Bonchev–Trinajstić information content (AvgIpc) is 2.77. The van der Waals surface area contributed by atoms with Crippen LogP contribution in [0.1, 0.15) is 24.0 Å². The molecule has 2 heterocycles. The Balaban J connectivity index is 1.41. The second-order valence-corrected chi connectivity index (χ2v) is 7.75.